The lowest BCUT2D eigenvalue weighted by Gasteiger charge is -1.84. The second-order valence-electron chi connectivity index (χ2n) is 2.73. The van der Waals surface area contributed by atoms with Gasteiger partial charge in [0.2, 0.25) is 5.89 Å². The van der Waals surface area contributed by atoms with E-state index in [1.54, 1.807) is 0 Å². The Balaban J connectivity index is 2.46. The minimum atomic E-state index is 0.531. The van der Waals surface area contributed by atoms with Crippen LogP contribution in [0.5, 0.6) is 0 Å². The number of rotatable bonds is 1. The fraction of sp³-hybridized carbons (Fsp3) is 0.250. The van der Waals surface area contributed by atoms with E-state index in [-0.39, 0.29) is 0 Å². The van der Waals surface area contributed by atoms with Gasteiger partial charge in [-0.25, -0.2) is 9.97 Å². The lowest BCUT2D eigenvalue weighted by molar-refractivity contribution is 0.539. The van der Waals surface area contributed by atoms with E-state index in [0.29, 0.717) is 16.7 Å². The van der Waals surface area contributed by atoms with E-state index in [1.807, 2.05) is 19.2 Å². The molecule has 0 aromatic carbocycles. The molecule has 2 aromatic rings. The molecule has 0 fully saturated rings. The standard InChI is InChI=1S/C8H9N3OS/c1-4-5(2)12-7(10-4)6-3-13-8(9)11-6/h3H,1-2H3,(H2,9,11). The van der Waals surface area contributed by atoms with Gasteiger partial charge in [-0.05, 0) is 13.8 Å². The Morgan fingerprint density at radius 3 is 2.62 bits per heavy atom. The zero-order valence-corrected chi connectivity index (χ0v) is 8.18. The SMILES string of the molecule is Cc1nc(-c2csc(N)n2)oc1C. The maximum absolute atomic E-state index is 5.50. The summed E-state index contributed by atoms with van der Waals surface area (Å²) in [5.74, 6) is 1.37. The normalized spacial score (nSPS) is 10.6. The van der Waals surface area contributed by atoms with Crippen LogP contribution in [0.4, 0.5) is 5.13 Å². The molecule has 0 amide bonds. The summed E-state index contributed by atoms with van der Waals surface area (Å²) in [6.07, 6.45) is 0. The molecule has 5 heteroatoms. The van der Waals surface area contributed by atoms with Gasteiger partial charge in [0.25, 0.3) is 0 Å². The Kier molecular flexibility index (Phi) is 1.81. The predicted octanol–water partition coefficient (Wildman–Crippen LogP) is 2.00. The first kappa shape index (κ1) is 8.25. The summed E-state index contributed by atoms with van der Waals surface area (Å²) in [6, 6.07) is 0. The molecule has 0 aliphatic carbocycles. The quantitative estimate of drug-likeness (QED) is 0.755. The average Bonchev–Trinajstić information content (AvgIpc) is 2.61. The Hall–Kier alpha value is -1.36. The summed E-state index contributed by atoms with van der Waals surface area (Å²) < 4.78 is 5.39. The smallest absolute Gasteiger partial charge is 0.246 e. The van der Waals surface area contributed by atoms with E-state index in [9.17, 15) is 0 Å². The van der Waals surface area contributed by atoms with Crippen molar-refractivity contribution >= 4 is 16.5 Å². The minimum absolute atomic E-state index is 0.531. The first-order chi connectivity index (χ1) is 6.16. The van der Waals surface area contributed by atoms with Gasteiger partial charge in [0.15, 0.2) is 5.13 Å². The highest BCUT2D eigenvalue weighted by Gasteiger charge is 2.10. The Morgan fingerprint density at radius 2 is 2.15 bits per heavy atom. The van der Waals surface area contributed by atoms with Gasteiger partial charge >= 0.3 is 0 Å². The molecular formula is C8H9N3OS. The Morgan fingerprint density at radius 1 is 1.38 bits per heavy atom. The number of nitrogens with zero attached hydrogens (tertiary/aromatic N) is 2. The highest BCUT2D eigenvalue weighted by molar-refractivity contribution is 7.13. The van der Waals surface area contributed by atoms with Crippen molar-refractivity contribution in [2.45, 2.75) is 13.8 Å². The van der Waals surface area contributed by atoms with Crippen molar-refractivity contribution in [1.82, 2.24) is 9.97 Å². The lowest BCUT2D eigenvalue weighted by Crippen LogP contribution is -1.82. The first-order valence-electron chi connectivity index (χ1n) is 3.82. The molecule has 0 radical (unpaired) electrons. The highest BCUT2D eigenvalue weighted by Crippen LogP contribution is 2.23. The molecule has 0 spiro atoms. The molecule has 68 valence electrons. The molecule has 13 heavy (non-hydrogen) atoms. The van der Waals surface area contributed by atoms with E-state index in [4.69, 9.17) is 10.2 Å². The molecule has 2 heterocycles. The molecule has 2 N–H and O–H groups in total. The number of thiazole rings is 1. The molecule has 0 saturated heterocycles. The molecule has 4 nitrogen and oxygen atoms in total. The van der Waals surface area contributed by atoms with Crippen LogP contribution < -0.4 is 5.73 Å². The van der Waals surface area contributed by atoms with Crippen molar-refractivity contribution in [2.24, 2.45) is 0 Å². The minimum Gasteiger partial charge on any atom is -0.440 e. The number of aromatic nitrogens is 2. The van der Waals surface area contributed by atoms with Gasteiger partial charge in [0.1, 0.15) is 11.5 Å². The zero-order chi connectivity index (χ0) is 9.42. The van der Waals surface area contributed by atoms with Crippen molar-refractivity contribution < 1.29 is 4.42 Å². The van der Waals surface area contributed by atoms with Crippen molar-refractivity contribution in [2.75, 3.05) is 5.73 Å². The largest absolute Gasteiger partial charge is 0.440 e. The number of oxazole rings is 1. The molecular weight excluding hydrogens is 186 g/mol. The van der Waals surface area contributed by atoms with Crippen LogP contribution in [0.3, 0.4) is 0 Å². The number of aryl methyl sites for hydroxylation is 2. The van der Waals surface area contributed by atoms with E-state index in [2.05, 4.69) is 9.97 Å². The van der Waals surface area contributed by atoms with Gasteiger partial charge in [0, 0.05) is 5.38 Å². The Bertz CT molecular complexity index is 413. The van der Waals surface area contributed by atoms with Crippen molar-refractivity contribution in [1.29, 1.82) is 0 Å². The number of anilines is 1. The molecule has 0 aliphatic heterocycles. The van der Waals surface area contributed by atoms with Crippen LogP contribution >= 0.6 is 11.3 Å². The topological polar surface area (TPSA) is 64.9 Å². The van der Waals surface area contributed by atoms with E-state index >= 15 is 0 Å². The average molecular weight is 195 g/mol. The third-order valence-electron chi connectivity index (χ3n) is 1.77. The van der Waals surface area contributed by atoms with E-state index in [1.165, 1.54) is 11.3 Å². The second kappa shape index (κ2) is 2.85. The molecule has 0 aliphatic rings. The number of hydrogen-bond acceptors (Lipinski definition) is 5. The van der Waals surface area contributed by atoms with Crippen LogP contribution in [0.1, 0.15) is 11.5 Å². The zero-order valence-electron chi connectivity index (χ0n) is 7.37. The van der Waals surface area contributed by atoms with Gasteiger partial charge in [-0.15, -0.1) is 11.3 Å². The molecule has 2 rings (SSSR count). The van der Waals surface area contributed by atoms with E-state index in [0.717, 1.165) is 11.5 Å². The molecule has 0 saturated carbocycles. The predicted molar refractivity (Wildman–Crippen MR) is 51.5 cm³/mol. The van der Waals surface area contributed by atoms with Crippen LogP contribution in [0.2, 0.25) is 0 Å². The summed E-state index contributed by atoms with van der Waals surface area (Å²) in [7, 11) is 0. The van der Waals surface area contributed by atoms with Gasteiger partial charge < -0.3 is 10.2 Å². The van der Waals surface area contributed by atoms with Crippen LogP contribution in [-0.4, -0.2) is 9.97 Å². The van der Waals surface area contributed by atoms with Gasteiger partial charge in [-0.3, -0.25) is 0 Å². The highest BCUT2D eigenvalue weighted by atomic mass is 32.1. The van der Waals surface area contributed by atoms with Crippen LogP contribution in [0, 0.1) is 13.8 Å². The van der Waals surface area contributed by atoms with Gasteiger partial charge in [-0.1, -0.05) is 0 Å². The fourth-order valence-electron chi connectivity index (χ4n) is 0.968. The van der Waals surface area contributed by atoms with Crippen molar-refractivity contribution in [3.63, 3.8) is 0 Å². The van der Waals surface area contributed by atoms with Gasteiger partial charge in [-0.2, -0.15) is 0 Å². The summed E-state index contributed by atoms with van der Waals surface area (Å²) in [6.45, 7) is 3.78. The van der Waals surface area contributed by atoms with E-state index < -0.39 is 0 Å². The van der Waals surface area contributed by atoms with Crippen LogP contribution in [-0.2, 0) is 0 Å². The van der Waals surface area contributed by atoms with Crippen LogP contribution in [0.15, 0.2) is 9.80 Å². The Labute approximate surface area is 79.4 Å². The lowest BCUT2D eigenvalue weighted by atomic mass is 10.4. The summed E-state index contributed by atoms with van der Waals surface area (Å²) >= 11 is 1.38. The number of hydrogen-bond donors (Lipinski definition) is 1. The molecule has 0 bridgehead atoms. The molecule has 0 atom stereocenters. The molecule has 2 aromatic heterocycles. The third-order valence-corrected chi connectivity index (χ3v) is 2.44. The third kappa shape index (κ3) is 1.42. The second-order valence-corrected chi connectivity index (χ2v) is 3.62. The number of nitrogens with two attached hydrogens (primary N) is 1. The summed E-state index contributed by atoms with van der Waals surface area (Å²) in [5, 5.41) is 2.36. The maximum Gasteiger partial charge on any atom is 0.246 e. The first-order valence-corrected chi connectivity index (χ1v) is 4.70. The maximum atomic E-state index is 5.50. The van der Waals surface area contributed by atoms with Crippen molar-refractivity contribution in [3.8, 4) is 11.6 Å². The summed E-state index contributed by atoms with van der Waals surface area (Å²) in [4.78, 5) is 8.29. The van der Waals surface area contributed by atoms with Crippen molar-refractivity contribution in [3.05, 3.63) is 16.8 Å². The monoisotopic (exact) mass is 195 g/mol. The van der Waals surface area contributed by atoms with Crippen LogP contribution in [0.25, 0.3) is 11.6 Å². The van der Waals surface area contributed by atoms with Gasteiger partial charge in [0.05, 0.1) is 5.69 Å². The summed E-state index contributed by atoms with van der Waals surface area (Å²) in [5.41, 5.74) is 7.10. The fourth-order valence-corrected chi connectivity index (χ4v) is 1.51. The molecule has 0 unspecified atom stereocenters. The number of nitrogen functional groups attached to an aromatic ring is 1.